The van der Waals surface area contributed by atoms with Gasteiger partial charge in [0.15, 0.2) is 5.96 Å². The van der Waals surface area contributed by atoms with E-state index in [0.29, 0.717) is 24.3 Å². The highest BCUT2D eigenvalue weighted by Crippen LogP contribution is 2.40. The van der Waals surface area contributed by atoms with Gasteiger partial charge in [0.05, 0.1) is 0 Å². The summed E-state index contributed by atoms with van der Waals surface area (Å²) in [5, 5.41) is 9.92. The second kappa shape index (κ2) is 14.7. The first-order chi connectivity index (χ1) is 14.5. The Morgan fingerprint density at radius 3 is 2.61 bits per heavy atom. The summed E-state index contributed by atoms with van der Waals surface area (Å²) in [6, 6.07) is 7.97. The number of hydrogen-bond donors (Lipinski definition) is 3. The van der Waals surface area contributed by atoms with Crippen molar-refractivity contribution in [3.8, 4) is 0 Å². The molecule has 176 valence electrons. The van der Waals surface area contributed by atoms with Crippen LogP contribution in [0.3, 0.4) is 0 Å². The molecule has 0 heterocycles. The van der Waals surface area contributed by atoms with Crippen LogP contribution < -0.4 is 16.0 Å². The normalized spacial score (nSPS) is 15.5. The van der Waals surface area contributed by atoms with Crippen molar-refractivity contribution in [2.24, 2.45) is 16.3 Å². The SMILES string of the molecule is CCOCCC1(CNC(=NC)NCc2cccc(NC(=O)CC(C)C)c2)CCCC1.I. The van der Waals surface area contributed by atoms with E-state index in [1.807, 2.05) is 32.0 Å². The molecule has 7 heteroatoms. The molecule has 6 nitrogen and oxygen atoms in total. The van der Waals surface area contributed by atoms with Crippen molar-refractivity contribution < 1.29 is 9.53 Å². The van der Waals surface area contributed by atoms with E-state index in [4.69, 9.17) is 4.74 Å². The summed E-state index contributed by atoms with van der Waals surface area (Å²) in [5.74, 6) is 1.22. The van der Waals surface area contributed by atoms with E-state index in [0.717, 1.165) is 43.4 Å². The first-order valence-electron chi connectivity index (χ1n) is 11.4. The number of halogens is 1. The second-order valence-electron chi connectivity index (χ2n) is 8.78. The number of guanidine groups is 1. The number of hydrogen-bond acceptors (Lipinski definition) is 3. The average molecular weight is 545 g/mol. The van der Waals surface area contributed by atoms with Crippen LogP contribution >= 0.6 is 24.0 Å². The highest BCUT2D eigenvalue weighted by molar-refractivity contribution is 14.0. The number of amides is 1. The third-order valence-electron chi connectivity index (χ3n) is 5.76. The van der Waals surface area contributed by atoms with Gasteiger partial charge in [-0.25, -0.2) is 0 Å². The number of carbonyl (C=O) groups is 1. The van der Waals surface area contributed by atoms with Gasteiger partial charge >= 0.3 is 0 Å². The number of ether oxygens (including phenoxy) is 1. The van der Waals surface area contributed by atoms with Crippen molar-refractivity contribution in [2.45, 2.75) is 65.8 Å². The molecule has 0 unspecified atom stereocenters. The molecule has 0 aromatic heterocycles. The lowest BCUT2D eigenvalue weighted by molar-refractivity contribution is -0.116. The van der Waals surface area contributed by atoms with Gasteiger partial charge in [-0.3, -0.25) is 9.79 Å². The molecular weight excluding hydrogens is 503 g/mol. The van der Waals surface area contributed by atoms with E-state index >= 15 is 0 Å². The molecular formula is C24H41IN4O2. The number of nitrogens with zero attached hydrogens (tertiary/aromatic N) is 1. The summed E-state index contributed by atoms with van der Waals surface area (Å²) in [7, 11) is 1.80. The maximum absolute atomic E-state index is 12.0. The molecule has 1 aliphatic carbocycles. The number of aliphatic imine (C=N–C) groups is 1. The average Bonchev–Trinajstić information content (AvgIpc) is 3.17. The summed E-state index contributed by atoms with van der Waals surface area (Å²) in [6.45, 7) is 9.33. The predicted molar refractivity (Wildman–Crippen MR) is 140 cm³/mol. The van der Waals surface area contributed by atoms with E-state index in [-0.39, 0.29) is 29.9 Å². The van der Waals surface area contributed by atoms with Crippen molar-refractivity contribution in [3.05, 3.63) is 29.8 Å². The maximum Gasteiger partial charge on any atom is 0.224 e. The number of nitrogens with one attached hydrogen (secondary N) is 3. The molecule has 31 heavy (non-hydrogen) atoms. The fraction of sp³-hybridized carbons (Fsp3) is 0.667. The standard InChI is InChI=1S/C24H40N4O2.HI/c1-5-30-14-13-24(11-6-7-12-24)18-27-23(25-4)26-17-20-9-8-10-21(16-20)28-22(29)15-19(2)3;/h8-10,16,19H,5-7,11-15,17-18H2,1-4H3,(H,28,29)(H2,25,26,27);1H. The van der Waals surface area contributed by atoms with E-state index in [1.54, 1.807) is 7.05 Å². The Kier molecular flexibility index (Phi) is 13.1. The Balaban J connectivity index is 0.00000480. The monoisotopic (exact) mass is 544 g/mol. The molecule has 1 amide bonds. The number of carbonyl (C=O) groups excluding carboxylic acids is 1. The minimum atomic E-state index is 0. The third kappa shape index (κ3) is 10.2. The maximum atomic E-state index is 12.0. The van der Waals surface area contributed by atoms with Gasteiger partial charge in [0.25, 0.3) is 0 Å². The molecule has 1 saturated carbocycles. The summed E-state index contributed by atoms with van der Waals surface area (Å²) < 4.78 is 5.62. The quantitative estimate of drug-likeness (QED) is 0.160. The first kappa shape index (κ1) is 27.7. The minimum Gasteiger partial charge on any atom is -0.382 e. The molecule has 0 saturated heterocycles. The topological polar surface area (TPSA) is 74.8 Å². The number of anilines is 1. The summed E-state index contributed by atoms with van der Waals surface area (Å²) >= 11 is 0. The number of rotatable bonds is 11. The van der Waals surface area contributed by atoms with Crippen LogP contribution in [0.15, 0.2) is 29.3 Å². The zero-order chi connectivity index (χ0) is 21.8. The van der Waals surface area contributed by atoms with E-state index < -0.39 is 0 Å². The molecule has 1 fully saturated rings. The molecule has 0 radical (unpaired) electrons. The van der Waals surface area contributed by atoms with E-state index in [1.165, 1.54) is 25.7 Å². The Bertz CT molecular complexity index is 688. The zero-order valence-electron chi connectivity index (χ0n) is 19.6. The van der Waals surface area contributed by atoms with Crippen molar-refractivity contribution in [2.75, 3.05) is 32.1 Å². The Morgan fingerprint density at radius 1 is 1.23 bits per heavy atom. The van der Waals surface area contributed by atoms with Gasteiger partial charge in [0, 0.05) is 45.5 Å². The number of benzene rings is 1. The molecule has 2 rings (SSSR count). The lowest BCUT2D eigenvalue weighted by Gasteiger charge is -2.30. The zero-order valence-corrected chi connectivity index (χ0v) is 22.0. The molecule has 0 spiro atoms. The van der Waals surface area contributed by atoms with Crippen molar-refractivity contribution in [1.29, 1.82) is 0 Å². The smallest absolute Gasteiger partial charge is 0.224 e. The first-order valence-corrected chi connectivity index (χ1v) is 11.4. The van der Waals surface area contributed by atoms with E-state index in [9.17, 15) is 4.79 Å². The van der Waals surface area contributed by atoms with Gasteiger partial charge < -0.3 is 20.7 Å². The molecule has 1 aromatic rings. The summed E-state index contributed by atoms with van der Waals surface area (Å²) in [6.07, 6.45) is 6.74. The summed E-state index contributed by atoms with van der Waals surface area (Å²) in [4.78, 5) is 16.4. The Hall–Kier alpha value is -1.35. The van der Waals surface area contributed by atoms with Crippen molar-refractivity contribution in [3.63, 3.8) is 0 Å². The van der Waals surface area contributed by atoms with Crippen LogP contribution in [0.1, 0.15) is 64.9 Å². The van der Waals surface area contributed by atoms with Crippen LogP contribution in [0.2, 0.25) is 0 Å². The molecule has 0 atom stereocenters. The fourth-order valence-corrected chi connectivity index (χ4v) is 4.09. The van der Waals surface area contributed by atoms with Crippen LogP contribution in [0.25, 0.3) is 0 Å². The minimum absolute atomic E-state index is 0. The van der Waals surface area contributed by atoms with Gasteiger partial charge in [0.2, 0.25) is 5.91 Å². The van der Waals surface area contributed by atoms with Crippen LogP contribution in [0.5, 0.6) is 0 Å². The lowest BCUT2D eigenvalue weighted by Crippen LogP contribution is -2.43. The Labute approximate surface area is 205 Å². The van der Waals surface area contributed by atoms with Gasteiger partial charge in [-0.2, -0.15) is 0 Å². The van der Waals surface area contributed by atoms with Gasteiger partial charge in [-0.1, -0.05) is 38.8 Å². The van der Waals surface area contributed by atoms with Crippen LogP contribution in [-0.2, 0) is 16.1 Å². The highest BCUT2D eigenvalue weighted by Gasteiger charge is 2.33. The predicted octanol–water partition coefficient (Wildman–Crippen LogP) is 4.94. The molecule has 0 aliphatic heterocycles. The highest BCUT2D eigenvalue weighted by atomic mass is 127. The Morgan fingerprint density at radius 2 is 1.97 bits per heavy atom. The van der Waals surface area contributed by atoms with Gasteiger partial charge in [0.1, 0.15) is 0 Å². The van der Waals surface area contributed by atoms with Crippen LogP contribution in [-0.4, -0.2) is 38.7 Å². The van der Waals surface area contributed by atoms with Crippen LogP contribution in [0.4, 0.5) is 5.69 Å². The van der Waals surface area contributed by atoms with E-state index in [2.05, 4.69) is 33.9 Å². The third-order valence-corrected chi connectivity index (χ3v) is 5.76. The van der Waals surface area contributed by atoms with Crippen LogP contribution in [0, 0.1) is 11.3 Å². The van der Waals surface area contributed by atoms with Gasteiger partial charge in [-0.05, 0) is 55.2 Å². The lowest BCUT2D eigenvalue weighted by atomic mass is 9.83. The molecule has 1 aliphatic rings. The fourth-order valence-electron chi connectivity index (χ4n) is 4.09. The molecule has 1 aromatic carbocycles. The second-order valence-corrected chi connectivity index (χ2v) is 8.78. The van der Waals surface area contributed by atoms with Gasteiger partial charge in [-0.15, -0.1) is 24.0 Å². The summed E-state index contributed by atoms with van der Waals surface area (Å²) in [5.41, 5.74) is 2.25. The van der Waals surface area contributed by atoms with Crippen molar-refractivity contribution in [1.82, 2.24) is 10.6 Å². The molecule has 0 bridgehead atoms. The molecule has 3 N–H and O–H groups in total. The largest absolute Gasteiger partial charge is 0.382 e. The van der Waals surface area contributed by atoms with Crippen molar-refractivity contribution >= 4 is 41.5 Å².